The third kappa shape index (κ3) is 2.67. The fraction of sp³-hybridized carbons (Fsp3) is 0.200. The molecule has 0 radical (unpaired) electrons. The number of rotatable bonds is 1. The fourth-order valence-corrected chi connectivity index (χ4v) is 0.740. The van der Waals surface area contributed by atoms with Crippen molar-refractivity contribution in [1.82, 2.24) is 10.2 Å². The third-order valence-corrected chi connectivity index (χ3v) is 1.39. The van der Waals surface area contributed by atoms with Gasteiger partial charge in [-0.1, -0.05) is 0 Å². The van der Waals surface area contributed by atoms with Crippen molar-refractivity contribution < 1.29 is 0 Å². The molecule has 9 heavy (non-hydrogen) atoms. The highest BCUT2D eigenvalue weighted by Gasteiger charge is 1.83. The Morgan fingerprint density at radius 2 is 2.33 bits per heavy atom. The largest absolute Gasteiger partial charge is 0.158 e. The van der Waals surface area contributed by atoms with E-state index in [9.17, 15) is 0 Å². The maximum atomic E-state index is 3.81. The number of hydrogen-bond donors (Lipinski definition) is 0. The van der Waals surface area contributed by atoms with Gasteiger partial charge in [0.15, 0.2) is 0 Å². The summed E-state index contributed by atoms with van der Waals surface area (Å²) in [7, 11) is 0. The highest BCUT2D eigenvalue weighted by molar-refractivity contribution is 7.98. The monoisotopic (exact) mass is 162 g/mol. The van der Waals surface area contributed by atoms with Gasteiger partial charge in [-0.15, -0.1) is 29.3 Å². The fourth-order valence-electron chi connectivity index (χ4n) is 0.396. The van der Waals surface area contributed by atoms with Crippen LogP contribution in [0.4, 0.5) is 0 Å². The van der Waals surface area contributed by atoms with Crippen LogP contribution in [0.5, 0.6) is 0 Å². The van der Waals surface area contributed by atoms with Crippen LogP contribution >= 0.6 is 24.2 Å². The van der Waals surface area contributed by atoms with Crippen molar-refractivity contribution in [3.63, 3.8) is 0 Å². The second-order valence-corrected chi connectivity index (χ2v) is 2.09. The molecule has 2 nitrogen and oxygen atoms in total. The lowest BCUT2D eigenvalue weighted by Gasteiger charge is -1.86. The van der Waals surface area contributed by atoms with Crippen LogP contribution < -0.4 is 0 Å². The summed E-state index contributed by atoms with van der Waals surface area (Å²) in [6, 6.07) is 3.80. The molecule has 0 aliphatic carbocycles. The minimum absolute atomic E-state index is 0. The molecule has 0 saturated heterocycles. The second kappa shape index (κ2) is 4.58. The summed E-state index contributed by atoms with van der Waals surface area (Å²) >= 11 is 1.60. The molecule has 0 aliphatic rings. The lowest BCUT2D eigenvalue weighted by molar-refractivity contribution is 0.931. The Labute approximate surface area is 64.5 Å². The summed E-state index contributed by atoms with van der Waals surface area (Å²) in [4.78, 5) is 0. The number of aromatic nitrogens is 2. The predicted molar refractivity (Wildman–Crippen MR) is 41.1 cm³/mol. The molecule has 0 N–H and O–H groups in total. The first-order chi connectivity index (χ1) is 3.93. The van der Waals surface area contributed by atoms with E-state index in [0.717, 1.165) is 5.03 Å². The molecule has 0 amide bonds. The molecular formula is C5H7ClN2S. The zero-order chi connectivity index (χ0) is 5.82. The van der Waals surface area contributed by atoms with Crippen molar-refractivity contribution in [3.05, 3.63) is 18.3 Å². The van der Waals surface area contributed by atoms with Gasteiger partial charge in [-0.3, -0.25) is 0 Å². The van der Waals surface area contributed by atoms with Gasteiger partial charge in [0.05, 0.1) is 0 Å². The van der Waals surface area contributed by atoms with E-state index in [1.807, 2.05) is 18.4 Å². The van der Waals surface area contributed by atoms with E-state index in [-0.39, 0.29) is 12.4 Å². The van der Waals surface area contributed by atoms with Crippen molar-refractivity contribution in [2.75, 3.05) is 6.26 Å². The van der Waals surface area contributed by atoms with Gasteiger partial charge in [-0.2, -0.15) is 5.10 Å². The molecule has 1 rings (SSSR count). The van der Waals surface area contributed by atoms with Crippen LogP contribution in [0.1, 0.15) is 0 Å². The normalized spacial score (nSPS) is 8.11. The average Bonchev–Trinajstić information content (AvgIpc) is 1.90. The summed E-state index contributed by atoms with van der Waals surface area (Å²) < 4.78 is 0. The Kier molecular flexibility index (Phi) is 4.44. The third-order valence-electron chi connectivity index (χ3n) is 0.757. The molecule has 0 fully saturated rings. The molecular weight excluding hydrogens is 156 g/mol. The lowest BCUT2D eigenvalue weighted by atomic mass is 10.6. The van der Waals surface area contributed by atoms with Gasteiger partial charge in [0.25, 0.3) is 0 Å². The van der Waals surface area contributed by atoms with Crippen LogP contribution in [0.15, 0.2) is 23.4 Å². The molecule has 0 saturated carbocycles. The quantitative estimate of drug-likeness (QED) is 0.587. The van der Waals surface area contributed by atoms with Crippen LogP contribution in [0.3, 0.4) is 0 Å². The van der Waals surface area contributed by atoms with Crippen LogP contribution in [0.2, 0.25) is 0 Å². The Morgan fingerprint density at radius 1 is 1.56 bits per heavy atom. The minimum Gasteiger partial charge on any atom is -0.158 e. The van der Waals surface area contributed by atoms with E-state index in [1.54, 1.807) is 18.0 Å². The first kappa shape index (κ1) is 8.72. The molecule has 0 atom stereocenters. The molecule has 4 heteroatoms. The maximum absolute atomic E-state index is 3.81. The van der Waals surface area contributed by atoms with Gasteiger partial charge in [-0.05, 0) is 18.4 Å². The van der Waals surface area contributed by atoms with E-state index in [2.05, 4.69) is 10.2 Å². The summed E-state index contributed by atoms with van der Waals surface area (Å²) in [6.07, 6.45) is 3.64. The summed E-state index contributed by atoms with van der Waals surface area (Å²) in [6.45, 7) is 0. The SMILES string of the molecule is CSc1cccnn1.Cl. The predicted octanol–water partition coefficient (Wildman–Crippen LogP) is 1.62. The molecule has 0 aromatic carbocycles. The lowest BCUT2D eigenvalue weighted by Crippen LogP contribution is -1.79. The van der Waals surface area contributed by atoms with Crippen LogP contribution in [-0.4, -0.2) is 16.5 Å². The number of halogens is 1. The second-order valence-electron chi connectivity index (χ2n) is 1.27. The Bertz CT molecular complexity index is 156. The number of thioether (sulfide) groups is 1. The molecule has 50 valence electrons. The summed E-state index contributed by atoms with van der Waals surface area (Å²) in [5.74, 6) is 0. The molecule has 1 aromatic heterocycles. The average molecular weight is 163 g/mol. The molecule has 0 bridgehead atoms. The van der Waals surface area contributed by atoms with E-state index >= 15 is 0 Å². The van der Waals surface area contributed by atoms with Crippen molar-refractivity contribution in [2.24, 2.45) is 0 Å². The Balaban J connectivity index is 0.000000640. The van der Waals surface area contributed by atoms with Gasteiger partial charge in [0.1, 0.15) is 5.03 Å². The first-order valence-corrected chi connectivity index (χ1v) is 3.47. The number of nitrogens with zero attached hydrogens (tertiary/aromatic N) is 2. The standard InChI is InChI=1S/C5H6N2S.ClH/c1-8-5-3-2-4-6-7-5;/h2-4H,1H3;1H. The zero-order valence-electron chi connectivity index (χ0n) is 4.94. The molecule has 0 spiro atoms. The van der Waals surface area contributed by atoms with Gasteiger partial charge < -0.3 is 0 Å². The topological polar surface area (TPSA) is 25.8 Å². The molecule has 0 unspecified atom stereocenters. The maximum Gasteiger partial charge on any atom is 0.118 e. The first-order valence-electron chi connectivity index (χ1n) is 2.25. The number of hydrogen-bond acceptors (Lipinski definition) is 3. The van der Waals surface area contributed by atoms with Gasteiger partial charge in [-0.25, -0.2) is 0 Å². The van der Waals surface area contributed by atoms with Crippen molar-refractivity contribution in [3.8, 4) is 0 Å². The van der Waals surface area contributed by atoms with Crippen molar-refractivity contribution >= 4 is 24.2 Å². The van der Waals surface area contributed by atoms with Gasteiger partial charge in [0, 0.05) is 6.20 Å². The zero-order valence-corrected chi connectivity index (χ0v) is 6.58. The van der Waals surface area contributed by atoms with E-state index < -0.39 is 0 Å². The van der Waals surface area contributed by atoms with E-state index in [0.29, 0.717) is 0 Å². The van der Waals surface area contributed by atoms with Gasteiger partial charge >= 0.3 is 0 Å². The van der Waals surface area contributed by atoms with Crippen molar-refractivity contribution in [1.29, 1.82) is 0 Å². The van der Waals surface area contributed by atoms with E-state index in [4.69, 9.17) is 0 Å². The Morgan fingerprint density at radius 3 is 2.67 bits per heavy atom. The van der Waals surface area contributed by atoms with Crippen LogP contribution in [0.25, 0.3) is 0 Å². The smallest absolute Gasteiger partial charge is 0.118 e. The molecule has 1 aromatic rings. The highest BCUT2D eigenvalue weighted by atomic mass is 35.5. The van der Waals surface area contributed by atoms with Crippen LogP contribution in [0, 0.1) is 0 Å². The molecule has 0 aliphatic heterocycles. The van der Waals surface area contributed by atoms with E-state index in [1.165, 1.54) is 0 Å². The summed E-state index contributed by atoms with van der Waals surface area (Å²) in [5, 5.41) is 8.46. The van der Waals surface area contributed by atoms with Crippen LogP contribution in [-0.2, 0) is 0 Å². The minimum atomic E-state index is 0. The molecule has 1 heterocycles. The summed E-state index contributed by atoms with van der Waals surface area (Å²) in [5.41, 5.74) is 0. The van der Waals surface area contributed by atoms with Gasteiger partial charge in [0.2, 0.25) is 0 Å². The Hall–Kier alpha value is -0.280. The van der Waals surface area contributed by atoms with Crippen molar-refractivity contribution in [2.45, 2.75) is 5.03 Å². The highest BCUT2D eigenvalue weighted by Crippen LogP contribution is 2.06.